The molecule has 0 bridgehead atoms. The van der Waals surface area contributed by atoms with Gasteiger partial charge in [0.2, 0.25) is 10.0 Å². The summed E-state index contributed by atoms with van der Waals surface area (Å²) < 4.78 is 23.4. The van der Waals surface area contributed by atoms with E-state index < -0.39 is 15.9 Å². The number of benzene rings is 2. The van der Waals surface area contributed by atoms with E-state index in [2.05, 4.69) is 6.07 Å². The highest BCUT2D eigenvalue weighted by Gasteiger charge is 2.44. The number of carbonyl (C=O) groups is 1. The number of hydrogen-bond donors (Lipinski definition) is 2. The highest BCUT2D eigenvalue weighted by atomic mass is 35.5. The highest BCUT2D eigenvalue weighted by molar-refractivity contribution is 7.89. The summed E-state index contributed by atoms with van der Waals surface area (Å²) in [5.41, 5.74) is 9.02. The van der Waals surface area contributed by atoms with E-state index in [-0.39, 0.29) is 27.5 Å². The molecule has 2 aliphatic rings. The first-order valence-electron chi connectivity index (χ1n) is 10.3. The molecule has 33 heavy (non-hydrogen) atoms. The Morgan fingerprint density at radius 1 is 1.09 bits per heavy atom. The molecule has 0 spiro atoms. The molecule has 1 aliphatic heterocycles. The third kappa shape index (κ3) is 4.15. The lowest BCUT2D eigenvalue weighted by atomic mass is 9.68. The van der Waals surface area contributed by atoms with E-state index >= 15 is 0 Å². The number of sulfonamides is 1. The van der Waals surface area contributed by atoms with Crippen LogP contribution >= 0.6 is 11.6 Å². The Morgan fingerprint density at radius 3 is 2.24 bits per heavy atom. The van der Waals surface area contributed by atoms with Crippen LogP contribution in [-0.2, 0) is 14.8 Å². The number of ketones is 1. The third-order valence-corrected chi connectivity index (χ3v) is 7.19. The van der Waals surface area contributed by atoms with Crippen LogP contribution < -0.4 is 15.8 Å². The molecule has 4 rings (SSSR count). The van der Waals surface area contributed by atoms with Gasteiger partial charge >= 0.3 is 0 Å². The number of allylic oxidation sites excluding steroid dienone is 3. The molecule has 1 aliphatic carbocycles. The minimum atomic E-state index is -3.87. The van der Waals surface area contributed by atoms with Crippen LogP contribution in [0.25, 0.3) is 0 Å². The van der Waals surface area contributed by atoms with Crippen molar-refractivity contribution in [3.8, 4) is 6.07 Å². The third-order valence-electron chi connectivity index (χ3n) is 6.01. The second-order valence-electron chi connectivity index (χ2n) is 9.07. The van der Waals surface area contributed by atoms with E-state index in [0.29, 0.717) is 34.8 Å². The average Bonchev–Trinajstić information content (AvgIpc) is 2.72. The molecule has 2 aromatic carbocycles. The zero-order chi connectivity index (χ0) is 24.1. The van der Waals surface area contributed by atoms with Gasteiger partial charge in [-0.1, -0.05) is 37.6 Å². The molecule has 1 heterocycles. The number of nitriles is 1. The SMILES string of the molecule is CC1(C)CC(=O)C2=C(C1)N(c1ccc(S(N)(=O)=O)cc1)C(N)=C(C#N)C2c1ccc(Cl)cc1. The van der Waals surface area contributed by atoms with Crippen molar-refractivity contribution in [3.63, 3.8) is 0 Å². The van der Waals surface area contributed by atoms with Crippen molar-refractivity contribution < 1.29 is 13.2 Å². The Morgan fingerprint density at radius 2 is 1.70 bits per heavy atom. The fourth-order valence-electron chi connectivity index (χ4n) is 4.58. The number of primary sulfonamides is 1. The van der Waals surface area contributed by atoms with Crippen molar-refractivity contribution in [1.82, 2.24) is 0 Å². The van der Waals surface area contributed by atoms with Crippen LogP contribution in [0.5, 0.6) is 0 Å². The fourth-order valence-corrected chi connectivity index (χ4v) is 5.22. The summed E-state index contributed by atoms with van der Waals surface area (Å²) >= 11 is 6.06. The fraction of sp³-hybridized carbons (Fsp3) is 0.250. The molecule has 0 amide bonds. The quantitative estimate of drug-likeness (QED) is 0.681. The Bertz CT molecular complexity index is 1350. The van der Waals surface area contributed by atoms with Gasteiger partial charge in [0.25, 0.3) is 0 Å². The maximum Gasteiger partial charge on any atom is 0.238 e. The van der Waals surface area contributed by atoms with E-state index in [1.807, 2.05) is 13.8 Å². The van der Waals surface area contributed by atoms with Crippen LogP contribution in [0.2, 0.25) is 5.02 Å². The predicted octanol–water partition coefficient (Wildman–Crippen LogP) is 3.93. The smallest absolute Gasteiger partial charge is 0.238 e. The van der Waals surface area contributed by atoms with Gasteiger partial charge in [-0.05, 0) is 53.8 Å². The van der Waals surface area contributed by atoms with Crippen LogP contribution in [0.3, 0.4) is 0 Å². The van der Waals surface area contributed by atoms with Gasteiger partial charge in [-0.25, -0.2) is 13.6 Å². The summed E-state index contributed by atoms with van der Waals surface area (Å²) in [5.74, 6) is -0.455. The molecule has 0 saturated heterocycles. The first kappa shape index (κ1) is 23.1. The Hall–Kier alpha value is -3.12. The molecular weight excluding hydrogens is 460 g/mol. The predicted molar refractivity (Wildman–Crippen MR) is 126 cm³/mol. The maximum absolute atomic E-state index is 13.4. The van der Waals surface area contributed by atoms with Gasteiger partial charge in [0.15, 0.2) is 5.78 Å². The molecule has 1 atom stereocenters. The number of hydrogen-bond acceptors (Lipinski definition) is 6. The maximum atomic E-state index is 13.4. The molecule has 1 unspecified atom stereocenters. The molecule has 7 nitrogen and oxygen atoms in total. The average molecular weight is 483 g/mol. The topological polar surface area (TPSA) is 130 Å². The lowest BCUT2D eigenvalue weighted by Crippen LogP contribution is -2.42. The highest BCUT2D eigenvalue weighted by Crippen LogP contribution is 2.50. The molecule has 9 heteroatoms. The molecule has 0 radical (unpaired) electrons. The first-order valence-corrected chi connectivity index (χ1v) is 12.2. The van der Waals surface area contributed by atoms with Crippen molar-refractivity contribution in [2.24, 2.45) is 16.3 Å². The molecule has 170 valence electrons. The molecule has 0 aromatic heterocycles. The van der Waals surface area contributed by atoms with E-state index in [9.17, 15) is 18.5 Å². The van der Waals surface area contributed by atoms with Gasteiger partial charge in [0.05, 0.1) is 22.5 Å². The largest absolute Gasteiger partial charge is 0.384 e. The van der Waals surface area contributed by atoms with Crippen LogP contribution in [0.4, 0.5) is 5.69 Å². The zero-order valence-electron chi connectivity index (χ0n) is 18.2. The van der Waals surface area contributed by atoms with Crippen LogP contribution in [-0.4, -0.2) is 14.2 Å². The van der Waals surface area contributed by atoms with Crippen LogP contribution in [0, 0.1) is 16.7 Å². The van der Waals surface area contributed by atoms with Crippen LogP contribution in [0.15, 0.2) is 76.1 Å². The van der Waals surface area contributed by atoms with E-state index in [0.717, 1.165) is 5.56 Å². The summed E-state index contributed by atoms with van der Waals surface area (Å²) in [6.07, 6.45) is 0.890. The number of halogens is 1. The standard InChI is InChI=1S/C24H23ClN4O3S/c1-24(2)11-19-22(20(30)12-24)21(14-3-5-15(25)6-4-14)18(13-26)23(27)29(19)16-7-9-17(10-8-16)33(28,31)32/h3-10,21H,11-12,27H2,1-2H3,(H2,28,31,32). The number of nitrogens with zero attached hydrogens (tertiary/aromatic N) is 2. The Balaban J connectivity index is 1.96. The van der Waals surface area contributed by atoms with Gasteiger partial charge < -0.3 is 5.73 Å². The van der Waals surface area contributed by atoms with Crippen LogP contribution in [0.1, 0.15) is 38.2 Å². The second-order valence-corrected chi connectivity index (χ2v) is 11.1. The van der Waals surface area contributed by atoms with Crippen molar-refractivity contribution in [2.75, 3.05) is 4.90 Å². The van der Waals surface area contributed by atoms with E-state index in [1.54, 1.807) is 41.3 Å². The second kappa shape index (κ2) is 8.03. The lowest BCUT2D eigenvalue weighted by molar-refractivity contribution is -0.118. The number of carbonyl (C=O) groups excluding carboxylic acids is 1. The van der Waals surface area contributed by atoms with Crippen molar-refractivity contribution in [1.29, 1.82) is 5.26 Å². The van der Waals surface area contributed by atoms with E-state index in [1.165, 1.54) is 12.1 Å². The minimum Gasteiger partial charge on any atom is -0.384 e. The molecule has 0 fully saturated rings. The van der Waals surface area contributed by atoms with Crippen molar-refractivity contribution in [2.45, 2.75) is 37.5 Å². The summed E-state index contributed by atoms with van der Waals surface area (Å²) in [6.45, 7) is 4.02. The van der Waals surface area contributed by atoms with Gasteiger partial charge in [-0.3, -0.25) is 9.69 Å². The lowest BCUT2D eigenvalue weighted by Gasteiger charge is -2.43. The van der Waals surface area contributed by atoms with Gasteiger partial charge in [0.1, 0.15) is 5.82 Å². The minimum absolute atomic E-state index is 0.0420. The Labute approximate surface area is 198 Å². The summed E-state index contributed by atoms with van der Waals surface area (Å²) in [7, 11) is -3.87. The van der Waals surface area contributed by atoms with Crippen molar-refractivity contribution in [3.05, 3.63) is 81.8 Å². The molecule has 0 saturated carbocycles. The number of anilines is 1. The number of rotatable bonds is 3. The molecule has 2 aromatic rings. The normalized spacial score (nSPS) is 20.5. The number of Topliss-reactive ketones (excluding diaryl/α,β-unsaturated/α-hetero) is 1. The first-order chi connectivity index (χ1) is 15.4. The monoisotopic (exact) mass is 482 g/mol. The Kier molecular flexibility index (Phi) is 5.61. The van der Waals surface area contributed by atoms with Gasteiger partial charge in [-0.2, -0.15) is 5.26 Å². The molecule has 4 N–H and O–H groups in total. The number of nitrogens with two attached hydrogens (primary N) is 2. The summed E-state index contributed by atoms with van der Waals surface area (Å²) in [4.78, 5) is 15.1. The summed E-state index contributed by atoms with van der Waals surface area (Å²) in [6, 6.07) is 15.1. The van der Waals surface area contributed by atoms with Gasteiger partial charge in [0, 0.05) is 28.4 Å². The van der Waals surface area contributed by atoms with Crippen molar-refractivity contribution >= 4 is 33.1 Å². The molecular formula is C24H23ClN4O3S. The van der Waals surface area contributed by atoms with Gasteiger partial charge in [-0.15, -0.1) is 0 Å². The zero-order valence-corrected chi connectivity index (χ0v) is 19.7. The van der Waals surface area contributed by atoms with E-state index in [4.69, 9.17) is 22.5 Å². The summed E-state index contributed by atoms with van der Waals surface area (Å²) in [5, 5.41) is 15.8.